The fourth-order valence-electron chi connectivity index (χ4n) is 0.971. The summed E-state index contributed by atoms with van der Waals surface area (Å²) in [5.41, 5.74) is 0.752. The van der Waals surface area contributed by atoms with Crippen molar-refractivity contribution < 1.29 is 5.11 Å². The molecule has 0 amide bonds. The van der Waals surface area contributed by atoms with Crippen LogP contribution in [0.5, 0.6) is 0 Å². The summed E-state index contributed by atoms with van der Waals surface area (Å²) < 4.78 is 0. The molecule has 1 atom stereocenters. The van der Waals surface area contributed by atoms with Crippen molar-refractivity contribution in [3.63, 3.8) is 0 Å². The molecule has 0 radical (unpaired) electrons. The Morgan fingerprint density at radius 2 is 2.08 bits per heavy atom. The molecule has 1 unspecified atom stereocenters. The van der Waals surface area contributed by atoms with E-state index in [9.17, 15) is 5.11 Å². The van der Waals surface area contributed by atoms with Gasteiger partial charge in [-0.2, -0.15) is 0 Å². The van der Waals surface area contributed by atoms with Gasteiger partial charge in [0, 0.05) is 4.90 Å². The van der Waals surface area contributed by atoms with E-state index in [1.807, 2.05) is 30.5 Å². The number of aliphatic hydroxyl groups excluding tert-OH is 1. The highest BCUT2D eigenvalue weighted by molar-refractivity contribution is 7.98. The number of halogens is 2. The fourth-order valence-corrected chi connectivity index (χ4v) is 1.73. The Labute approximate surface area is 92.1 Å². The third-order valence-electron chi connectivity index (χ3n) is 1.67. The van der Waals surface area contributed by atoms with Crippen molar-refractivity contribution in [3.05, 3.63) is 29.8 Å². The van der Waals surface area contributed by atoms with Gasteiger partial charge in [-0.05, 0) is 24.0 Å². The van der Waals surface area contributed by atoms with Gasteiger partial charge in [-0.3, -0.25) is 0 Å². The number of aliphatic hydroxyl groups is 1. The molecule has 1 N–H and O–H groups in total. The van der Waals surface area contributed by atoms with Crippen LogP contribution in [-0.2, 0) is 0 Å². The molecular weight excluding hydrogens is 227 g/mol. The lowest BCUT2D eigenvalue weighted by molar-refractivity contribution is 0.192. The smallest absolute Gasteiger partial charge is 0.137 e. The number of alkyl halides is 2. The van der Waals surface area contributed by atoms with Crippen molar-refractivity contribution in [1.29, 1.82) is 0 Å². The lowest BCUT2D eigenvalue weighted by Gasteiger charge is -2.11. The summed E-state index contributed by atoms with van der Waals surface area (Å²) in [5, 5.41) is 9.54. The highest BCUT2D eigenvalue weighted by Gasteiger charge is 2.15. The molecule has 0 aliphatic rings. The van der Waals surface area contributed by atoms with Crippen molar-refractivity contribution in [2.24, 2.45) is 0 Å². The molecule has 72 valence electrons. The summed E-state index contributed by atoms with van der Waals surface area (Å²) in [4.78, 5) is 0.308. The van der Waals surface area contributed by atoms with Crippen LogP contribution >= 0.6 is 35.0 Å². The Morgan fingerprint density at radius 1 is 1.38 bits per heavy atom. The molecule has 0 bridgehead atoms. The van der Waals surface area contributed by atoms with Gasteiger partial charge in [0.1, 0.15) is 10.9 Å². The van der Waals surface area contributed by atoms with Crippen LogP contribution in [0.3, 0.4) is 0 Å². The molecule has 0 saturated carbocycles. The second-order valence-corrected chi connectivity index (χ2v) is 4.60. The van der Waals surface area contributed by atoms with Gasteiger partial charge < -0.3 is 5.11 Å². The molecule has 0 spiro atoms. The normalized spacial score (nSPS) is 13.3. The Bertz CT molecular complexity index is 278. The molecular formula is C9H10Cl2OS. The van der Waals surface area contributed by atoms with Crippen molar-refractivity contribution in [2.75, 3.05) is 6.26 Å². The molecule has 1 aromatic carbocycles. The quantitative estimate of drug-likeness (QED) is 0.643. The third-order valence-corrected chi connectivity index (χ3v) is 2.88. The van der Waals surface area contributed by atoms with E-state index in [1.165, 1.54) is 0 Å². The first-order valence-corrected chi connectivity index (χ1v) is 5.85. The second kappa shape index (κ2) is 5.11. The van der Waals surface area contributed by atoms with Gasteiger partial charge in [-0.1, -0.05) is 12.1 Å². The average molecular weight is 237 g/mol. The van der Waals surface area contributed by atoms with Crippen molar-refractivity contribution in [2.45, 2.75) is 15.8 Å². The summed E-state index contributed by atoms with van der Waals surface area (Å²) in [6.07, 6.45) is 1.17. The Balaban J connectivity index is 2.88. The first kappa shape index (κ1) is 11.2. The van der Waals surface area contributed by atoms with Crippen LogP contribution in [0.2, 0.25) is 0 Å². The zero-order valence-electron chi connectivity index (χ0n) is 7.08. The molecule has 0 aliphatic heterocycles. The number of thioether (sulfide) groups is 1. The first-order chi connectivity index (χ1) is 6.15. The summed E-state index contributed by atoms with van der Waals surface area (Å²) in [7, 11) is 0. The van der Waals surface area contributed by atoms with Crippen LogP contribution in [0.1, 0.15) is 11.7 Å². The molecule has 0 saturated heterocycles. The van der Waals surface area contributed by atoms with Crippen LogP contribution in [0.4, 0.5) is 0 Å². The van der Waals surface area contributed by atoms with Crippen LogP contribution < -0.4 is 0 Å². The number of hydrogen-bond donors (Lipinski definition) is 1. The van der Waals surface area contributed by atoms with Gasteiger partial charge >= 0.3 is 0 Å². The maximum Gasteiger partial charge on any atom is 0.137 e. The van der Waals surface area contributed by atoms with Crippen molar-refractivity contribution in [3.8, 4) is 0 Å². The summed E-state index contributed by atoms with van der Waals surface area (Å²) in [6, 6.07) is 7.54. The molecule has 0 heterocycles. The van der Waals surface area contributed by atoms with E-state index < -0.39 is 10.9 Å². The highest BCUT2D eigenvalue weighted by Crippen LogP contribution is 2.26. The van der Waals surface area contributed by atoms with Gasteiger partial charge in [0.15, 0.2) is 0 Å². The summed E-state index contributed by atoms with van der Waals surface area (Å²) in [5.74, 6) is 0. The third kappa shape index (κ3) is 3.06. The molecule has 1 rings (SSSR count). The van der Waals surface area contributed by atoms with E-state index >= 15 is 0 Å². The van der Waals surface area contributed by atoms with Gasteiger partial charge in [-0.25, -0.2) is 0 Å². The standard InChI is InChI=1S/C9H10Cl2OS/c1-13-7-4-2-3-6(5-7)8(12)9(10)11/h2-5,8-9,12H,1H3. The largest absolute Gasteiger partial charge is 0.386 e. The second-order valence-electron chi connectivity index (χ2n) is 2.56. The predicted molar refractivity (Wildman–Crippen MR) is 58.7 cm³/mol. The topological polar surface area (TPSA) is 20.2 Å². The zero-order chi connectivity index (χ0) is 9.84. The van der Waals surface area contributed by atoms with E-state index in [4.69, 9.17) is 23.2 Å². The van der Waals surface area contributed by atoms with Crippen LogP contribution in [0.25, 0.3) is 0 Å². The number of benzene rings is 1. The fraction of sp³-hybridized carbons (Fsp3) is 0.333. The Morgan fingerprint density at radius 3 is 2.62 bits per heavy atom. The van der Waals surface area contributed by atoms with Gasteiger partial charge in [0.25, 0.3) is 0 Å². The molecule has 4 heteroatoms. The lowest BCUT2D eigenvalue weighted by Crippen LogP contribution is -2.05. The van der Waals surface area contributed by atoms with E-state index in [0.29, 0.717) is 0 Å². The molecule has 0 fully saturated rings. The minimum absolute atomic E-state index is 0.752. The van der Waals surface area contributed by atoms with E-state index in [-0.39, 0.29) is 0 Å². The van der Waals surface area contributed by atoms with Gasteiger partial charge in [0.05, 0.1) is 0 Å². The average Bonchev–Trinajstić information content (AvgIpc) is 2.16. The minimum atomic E-state index is -0.810. The van der Waals surface area contributed by atoms with E-state index in [0.717, 1.165) is 10.5 Å². The Kier molecular flexibility index (Phi) is 4.39. The van der Waals surface area contributed by atoms with Crippen LogP contribution in [0, 0.1) is 0 Å². The van der Waals surface area contributed by atoms with Gasteiger partial charge in [-0.15, -0.1) is 35.0 Å². The monoisotopic (exact) mass is 236 g/mol. The van der Waals surface area contributed by atoms with Crippen LogP contribution in [0.15, 0.2) is 29.2 Å². The van der Waals surface area contributed by atoms with Crippen LogP contribution in [-0.4, -0.2) is 16.2 Å². The molecule has 0 aromatic heterocycles. The number of rotatable bonds is 3. The highest BCUT2D eigenvalue weighted by atomic mass is 35.5. The minimum Gasteiger partial charge on any atom is -0.386 e. The number of hydrogen-bond acceptors (Lipinski definition) is 2. The predicted octanol–water partition coefficient (Wildman–Crippen LogP) is 3.25. The summed E-state index contributed by atoms with van der Waals surface area (Å²) in [6.45, 7) is 0. The SMILES string of the molecule is CSc1cccc(C(O)C(Cl)Cl)c1. The first-order valence-electron chi connectivity index (χ1n) is 3.75. The van der Waals surface area contributed by atoms with E-state index in [1.54, 1.807) is 11.8 Å². The van der Waals surface area contributed by atoms with Gasteiger partial charge in [0.2, 0.25) is 0 Å². The molecule has 0 aliphatic carbocycles. The Hall–Kier alpha value is 0.110. The molecule has 13 heavy (non-hydrogen) atoms. The zero-order valence-corrected chi connectivity index (χ0v) is 9.40. The molecule has 1 nitrogen and oxygen atoms in total. The maximum absolute atomic E-state index is 9.54. The van der Waals surface area contributed by atoms with Crippen molar-refractivity contribution in [1.82, 2.24) is 0 Å². The molecule has 1 aromatic rings. The van der Waals surface area contributed by atoms with Crippen molar-refractivity contribution >= 4 is 35.0 Å². The maximum atomic E-state index is 9.54. The summed E-state index contributed by atoms with van der Waals surface area (Å²) >= 11 is 12.7. The van der Waals surface area contributed by atoms with E-state index in [2.05, 4.69) is 0 Å². The lowest BCUT2D eigenvalue weighted by atomic mass is 10.1.